The second kappa shape index (κ2) is 9.23. The van der Waals surface area contributed by atoms with Gasteiger partial charge in [0, 0.05) is 23.2 Å². The Balaban J connectivity index is 1.52. The van der Waals surface area contributed by atoms with Crippen LogP contribution in [0.2, 0.25) is 5.02 Å². The van der Waals surface area contributed by atoms with E-state index in [1.807, 2.05) is 36.1 Å². The van der Waals surface area contributed by atoms with Gasteiger partial charge in [0.25, 0.3) is 0 Å². The lowest BCUT2D eigenvalue weighted by Gasteiger charge is -2.23. The highest BCUT2D eigenvalue weighted by atomic mass is 35.5. The number of anilines is 1. The SMILES string of the molecule is Cc1cccc(N=C2SC(CC(=O)Nc3cccc(Cl)c3)C(=O)N2C2CCCC2)c1. The number of carbonyl (C=O) groups excluding carboxylic acids is 2. The summed E-state index contributed by atoms with van der Waals surface area (Å²) in [6.07, 6.45) is 4.32. The monoisotopic (exact) mass is 441 g/mol. The van der Waals surface area contributed by atoms with Gasteiger partial charge in [-0.05, 0) is 55.7 Å². The first kappa shape index (κ1) is 20.9. The van der Waals surface area contributed by atoms with Crippen molar-refractivity contribution in [2.24, 2.45) is 4.99 Å². The molecule has 156 valence electrons. The third-order valence-corrected chi connectivity index (χ3v) is 6.75. The average molecular weight is 442 g/mol. The Labute approximate surface area is 185 Å². The minimum Gasteiger partial charge on any atom is -0.326 e. The molecule has 0 aromatic heterocycles. The molecule has 2 aromatic rings. The van der Waals surface area contributed by atoms with Crippen LogP contribution in [0.15, 0.2) is 53.5 Å². The van der Waals surface area contributed by atoms with Crippen LogP contribution in [0, 0.1) is 6.92 Å². The van der Waals surface area contributed by atoms with Crippen molar-refractivity contribution in [2.45, 2.75) is 50.3 Å². The van der Waals surface area contributed by atoms with Gasteiger partial charge in [-0.15, -0.1) is 0 Å². The summed E-state index contributed by atoms with van der Waals surface area (Å²) in [5.41, 5.74) is 2.58. The van der Waals surface area contributed by atoms with E-state index in [1.54, 1.807) is 24.3 Å². The van der Waals surface area contributed by atoms with Crippen molar-refractivity contribution < 1.29 is 9.59 Å². The zero-order valence-electron chi connectivity index (χ0n) is 16.8. The molecular weight excluding hydrogens is 418 g/mol. The Morgan fingerprint density at radius 3 is 2.70 bits per heavy atom. The van der Waals surface area contributed by atoms with E-state index in [2.05, 4.69) is 5.32 Å². The van der Waals surface area contributed by atoms with Gasteiger partial charge in [0.15, 0.2) is 5.17 Å². The zero-order valence-corrected chi connectivity index (χ0v) is 18.4. The minimum atomic E-state index is -0.464. The molecule has 1 heterocycles. The lowest BCUT2D eigenvalue weighted by Crippen LogP contribution is -2.40. The molecule has 1 atom stereocenters. The van der Waals surface area contributed by atoms with Gasteiger partial charge in [-0.25, -0.2) is 4.99 Å². The van der Waals surface area contributed by atoms with Gasteiger partial charge in [0.1, 0.15) is 5.25 Å². The predicted molar refractivity (Wildman–Crippen MR) is 123 cm³/mol. The van der Waals surface area contributed by atoms with Crippen molar-refractivity contribution in [1.82, 2.24) is 4.90 Å². The van der Waals surface area contributed by atoms with Crippen LogP contribution in [0.3, 0.4) is 0 Å². The van der Waals surface area contributed by atoms with E-state index >= 15 is 0 Å². The van der Waals surface area contributed by atoms with Crippen molar-refractivity contribution >= 4 is 51.7 Å². The molecule has 0 bridgehead atoms. The molecule has 2 amide bonds. The van der Waals surface area contributed by atoms with Crippen LogP contribution in [0.4, 0.5) is 11.4 Å². The fraction of sp³-hybridized carbons (Fsp3) is 0.348. The molecular formula is C23H24ClN3O2S. The molecule has 1 N–H and O–H groups in total. The molecule has 0 radical (unpaired) electrons. The van der Waals surface area contributed by atoms with Crippen molar-refractivity contribution in [1.29, 1.82) is 0 Å². The molecule has 5 nitrogen and oxygen atoms in total. The van der Waals surface area contributed by atoms with Crippen LogP contribution in [-0.4, -0.2) is 33.2 Å². The third kappa shape index (κ3) is 4.87. The zero-order chi connectivity index (χ0) is 21.1. The Morgan fingerprint density at radius 2 is 1.97 bits per heavy atom. The van der Waals surface area contributed by atoms with Gasteiger partial charge < -0.3 is 5.32 Å². The lowest BCUT2D eigenvalue weighted by molar-refractivity contribution is -0.129. The standard InChI is InChI=1S/C23H24ClN3O2S/c1-15-6-4-8-17(12-15)26-23-27(19-10-2-3-11-19)22(29)20(30-23)14-21(28)25-18-9-5-7-16(24)13-18/h4-9,12-13,19-20H,2-3,10-11,14H2,1H3,(H,25,28). The topological polar surface area (TPSA) is 61.8 Å². The van der Waals surface area contributed by atoms with E-state index in [9.17, 15) is 9.59 Å². The summed E-state index contributed by atoms with van der Waals surface area (Å²) in [5.74, 6) is -0.217. The smallest absolute Gasteiger partial charge is 0.242 e. The number of thioether (sulfide) groups is 1. The summed E-state index contributed by atoms with van der Waals surface area (Å²) >= 11 is 7.38. The Hall–Kier alpha value is -2.31. The maximum atomic E-state index is 13.2. The number of nitrogens with one attached hydrogen (secondary N) is 1. The summed E-state index contributed by atoms with van der Waals surface area (Å²) in [5, 5.41) is 3.64. The quantitative estimate of drug-likeness (QED) is 0.661. The molecule has 1 saturated heterocycles. The van der Waals surface area contributed by atoms with Crippen LogP contribution in [0.1, 0.15) is 37.7 Å². The van der Waals surface area contributed by atoms with Gasteiger partial charge in [0.05, 0.1) is 5.69 Å². The van der Waals surface area contributed by atoms with Gasteiger partial charge in [-0.1, -0.05) is 54.4 Å². The van der Waals surface area contributed by atoms with Crippen molar-refractivity contribution in [3.05, 3.63) is 59.1 Å². The van der Waals surface area contributed by atoms with Gasteiger partial charge in [-0.2, -0.15) is 0 Å². The third-order valence-electron chi connectivity index (χ3n) is 5.36. The maximum Gasteiger partial charge on any atom is 0.242 e. The van der Waals surface area contributed by atoms with E-state index in [1.165, 1.54) is 11.8 Å². The van der Waals surface area contributed by atoms with Crippen LogP contribution < -0.4 is 5.32 Å². The molecule has 30 heavy (non-hydrogen) atoms. The first-order valence-electron chi connectivity index (χ1n) is 10.2. The molecule has 1 aliphatic carbocycles. The number of amides is 2. The number of amidine groups is 1. The van der Waals surface area contributed by atoms with E-state index in [4.69, 9.17) is 16.6 Å². The average Bonchev–Trinajstić information content (AvgIpc) is 3.30. The predicted octanol–water partition coefficient (Wildman–Crippen LogP) is 5.55. The van der Waals surface area contributed by atoms with E-state index in [0.717, 1.165) is 36.9 Å². The van der Waals surface area contributed by atoms with Gasteiger partial charge >= 0.3 is 0 Å². The van der Waals surface area contributed by atoms with Crippen LogP contribution in [0.5, 0.6) is 0 Å². The number of halogens is 1. The second-order valence-corrected chi connectivity index (χ2v) is 9.36. The number of hydrogen-bond acceptors (Lipinski definition) is 4. The van der Waals surface area contributed by atoms with Crippen LogP contribution in [-0.2, 0) is 9.59 Å². The number of aliphatic imine (C=N–C) groups is 1. The number of nitrogens with zero attached hydrogens (tertiary/aromatic N) is 2. The van der Waals surface area contributed by atoms with Crippen molar-refractivity contribution in [3.8, 4) is 0 Å². The van der Waals surface area contributed by atoms with Gasteiger partial charge in [-0.3, -0.25) is 14.5 Å². The molecule has 4 rings (SSSR count). The molecule has 7 heteroatoms. The molecule has 2 aliphatic rings. The lowest BCUT2D eigenvalue weighted by atomic mass is 10.2. The van der Waals surface area contributed by atoms with E-state index in [-0.39, 0.29) is 24.3 Å². The highest BCUT2D eigenvalue weighted by Gasteiger charge is 2.43. The first-order valence-corrected chi connectivity index (χ1v) is 11.5. The Bertz CT molecular complexity index is 988. The van der Waals surface area contributed by atoms with E-state index in [0.29, 0.717) is 15.9 Å². The van der Waals surface area contributed by atoms with Gasteiger partial charge in [0.2, 0.25) is 11.8 Å². The molecule has 0 spiro atoms. The highest BCUT2D eigenvalue weighted by Crippen LogP contribution is 2.37. The minimum absolute atomic E-state index is 0.0143. The summed E-state index contributed by atoms with van der Waals surface area (Å²) in [4.78, 5) is 32.4. The molecule has 2 fully saturated rings. The van der Waals surface area contributed by atoms with E-state index < -0.39 is 5.25 Å². The maximum absolute atomic E-state index is 13.2. The fourth-order valence-corrected chi connectivity index (χ4v) is 5.35. The number of rotatable bonds is 5. The molecule has 1 unspecified atom stereocenters. The number of hydrogen-bond donors (Lipinski definition) is 1. The summed E-state index contributed by atoms with van der Waals surface area (Å²) in [7, 11) is 0. The molecule has 1 saturated carbocycles. The van der Waals surface area contributed by atoms with Crippen molar-refractivity contribution in [2.75, 3.05) is 5.32 Å². The first-order chi connectivity index (χ1) is 14.5. The fourth-order valence-electron chi connectivity index (χ4n) is 3.95. The molecule has 1 aliphatic heterocycles. The van der Waals surface area contributed by atoms with Crippen molar-refractivity contribution in [3.63, 3.8) is 0 Å². The van der Waals surface area contributed by atoms with Crippen LogP contribution >= 0.6 is 23.4 Å². The van der Waals surface area contributed by atoms with Crippen LogP contribution in [0.25, 0.3) is 0 Å². The number of aryl methyl sites for hydroxylation is 1. The number of carbonyl (C=O) groups is 2. The second-order valence-electron chi connectivity index (χ2n) is 7.75. The Kier molecular flexibility index (Phi) is 6.44. The highest BCUT2D eigenvalue weighted by molar-refractivity contribution is 8.15. The largest absolute Gasteiger partial charge is 0.326 e. The molecule has 2 aromatic carbocycles. The number of benzene rings is 2. The summed E-state index contributed by atoms with van der Waals surface area (Å²) in [6, 6.07) is 15.1. The summed E-state index contributed by atoms with van der Waals surface area (Å²) < 4.78 is 0. The normalized spacial score (nSPS) is 20.9. The summed E-state index contributed by atoms with van der Waals surface area (Å²) in [6.45, 7) is 2.02. The Morgan fingerprint density at radius 1 is 1.20 bits per heavy atom.